The molecule has 4 amide bonds. The fraction of sp³-hybridized carbons (Fsp3) is 0.435. The molecule has 3 aromatic carbocycles. The van der Waals surface area contributed by atoms with Crippen LogP contribution in [-0.4, -0.2) is 88.3 Å². The zero-order valence-electron chi connectivity index (χ0n) is 35.8. The summed E-state index contributed by atoms with van der Waals surface area (Å²) in [6.45, 7) is 15.2. The number of alkyl carbamates (subject to hydrolysis) is 1. The summed E-state index contributed by atoms with van der Waals surface area (Å²) in [5.74, 6) is -2.57. The number of fused-ring (bicyclic) bond motifs is 1. The van der Waals surface area contributed by atoms with E-state index in [0.717, 1.165) is 16.7 Å². The van der Waals surface area contributed by atoms with Crippen molar-refractivity contribution in [2.45, 2.75) is 104 Å². The predicted octanol–water partition coefficient (Wildman–Crippen LogP) is 7.86. The molecule has 3 aromatic rings. The number of benzene rings is 3. The maximum absolute atomic E-state index is 14.9. The van der Waals surface area contributed by atoms with Gasteiger partial charge in [-0.05, 0) is 119 Å². The number of rotatable bonds is 9. The van der Waals surface area contributed by atoms with Gasteiger partial charge in [0, 0.05) is 37.3 Å². The molecule has 13 nitrogen and oxygen atoms in total. The number of nitrogens with zero attached hydrogens (tertiary/aromatic N) is 3. The Balaban J connectivity index is 1.26. The molecule has 0 fully saturated rings. The smallest absolute Gasteiger partial charge is 0.408 e. The van der Waals surface area contributed by atoms with Gasteiger partial charge in [0.2, 0.25) is 12.0 Å². The van der Waals surface area contributed by atoms with Crippen molar-refractivity contribution in [2.24, 2.45) is 11.1 Å². The van der Waals surface area contributed by atoms with Crippen LogP contribution in [0.4, 0.5) is 14.9 Å². The van der Waals surface area contributed by atoms with Crippen LogP contribution in [0.1, 0.15) is 107 Å². The highest BCUT2D eigenvalue weighted by Gasteiger charge is 2.43. The van der Waals surface area contributed by atoms with Gasteiger partial charge in [-0.2, -0.15) is 0 Å². The van der Waals surface area contributed by atoms with Crippen LogP contribution >= 0.6 is 11.6 Å². The lowest BCUT2D eigenvalue weighted by atomic mass is 9.84. The van der Waals surface area contributed by atoms with E-state index in [1.165, 1.54) is 17.0 Å². The molecule has 0 radical (unpaired) electrons. The van der Waals surface area contributed by atoms with Gasteiger partial charge in [-0.3, -0.25) is 14.4 Å². The highest BCUT2D eigenvalue weighted by Crippen LogP contribution is 2.38. The van der Waals surface area contributed by atoms with Crippen LogP contribution in [0.15, 0.2) is 71.9 Å². The standard InChI is InChI=1S/C46H53ClFN5O8/c1-26(2)38(50-44(58)60-46(6,7)8)42(56)52-22-19-27(20-23-52)30-11-9-12-32-31(30)21-24-53(41(55)36-25-35(51-61-36)33-13-10-14-34(47)37(33)48)39(32)40(54)49-29-17-15-28(16-18-29)43(57)59-45(3,4)5/h9-19,26,36,38-39H,20-25H2,1-8H3,(H,49,54)(H,50,58)/t36-,38?,39+/m1/s1. The Hall–Kier alpha value is -5.76. The van der Waals surface area contributed by atoms with Gasteiger partial charge in [-0.1, -0.05) is 60.9 Å². The van der Waals surface area contributed by atoms with Crippen LogP contribution in [0.3, 0.4) is 0 Å². The first kappa shape index (κ1) is 44.8. The van der Waals surface area contributed by atoms with Crippen molar-refractivity contribution in [3.63, 3.8) is 0 Å². The molecule has 1 unspecified atom stereocenters. The Morgan fingerprint density at radius 1 is 0.885 bits per heavy atom. The second kappa shape index (κ2) is 18.1. The summed E-state index contributed by atoms with van der Waals surface area (Å²) in [7, 11) is 0. The van der Waals surface area contributed by atoms with E-state index in [1.807, 2.05) is 38.1 Å². The van der Waals surface area contributed by atoms with Crippen molar-refractivity contribution in [3.05, 3.63) is 105 Å². The number of anilines is 1. The highest BCUT2D eigenvalue weighted by molar-refractivity contribution is 6.31. The number of ether oxygens (including phenoxy) is 2. The maximum atomic E-state index is 14.9. The third-order valence-electron chi connectivity index (χ3n) is 10.4. The highest BCUT2D eigenvalue weighted by atomic mass is 35.5. The summed E-state index contributed by atoms with van der Waals surface area (Å²) < 4.78 is 25.8. The second-order valence-corrected chi connectivity index (χ2v) is 18.1. The summed E-state index contributed by atoms with van der Waals surface area (Å²) in [4.78, 5) is 76.6. The van der Waals surface area contributed by atoms with Crippen LogP contribution < -0.4 is 10.6 Å². The second-order valence-electron chi connectivity index (χ2n) is 17.7. The van der Waals surface area contributed by atoms with Crippen LogP contribution in [0.2, 0.25) is 5.02 Å². The molecule has 0 saturated heterocycles. The summed E-state index contributed by atoms with van der Waals surface area (Å²) in [6.07, 6.45) is 1.10. The molecule has 15 heteroatoms. The lowest BCUT2D eigenvalue weighted by molar-refractivity contribution is -0.148. The predicted molar refractivity (Wildman–Crippen MR) is 229 cm³/mol. The van der Waals surface area contributed by atoms with Crippen molar-refractivity contribution in [1.29, 1.82) is 0 Å². The molecule has 3 atom stereocenters. The fourth-order valence-corrected chi connectivity index (χ4v) is 7.74. The number of carbonyl (C=O) groups excluding carboxylic acids is 5. The molecule has 0 bridgehead atoms. The first-order valence-corrected chi connectivity index (χ1v) is 20.8. The van der Waals surface area contributed by atoms with Crippen LogP contribution in [0, 0.1) is 11.7 Å². The summed E-state index contributed by atoms with van der Waals surface area (Å²) >= 11 is 6.03. The van der Waals surface area contributed by atoms with E-state index in [9.17, 15) is 28.4 Å². The molecule has 61 heavy (non-hydrogen) atoms. The normalized spacial score (nSPS) is 18.3. The minimum atomic E-state index is -1.12. The van der Waals surface area contributed by atoms with Gasteiger partial charge in [0.25, 0.3) is 11.8 Å². The molecule has 3 heterocycles. The largest absolute Gasteiger partial charge is 0.456 e. The number of hydrogen-bond donors (Lipinski definition) is 2. The Bertz CT molecular complexity index is 2260. The van der Waals surface area contributed by atoms with Crippen molar-refractivity contribution in [1.82, 2.24) is 15.1 Å². The summed E-state index contributed by atoms with van der Waals surface area (Å²) in [6, 6.07) is 14.6. The number of esters is 1. The Morgan fingerprint density at radius 3 is 2.20 bits per heavy atom. The number of amides is 4. The fourth-order valence-electron chi connectivity index (χ4n) is 7.57. The molecule has 6 rings (SSSR count). The topological polar surface area (TPSA) is 156 Å². The van der Waals surface area contributed by atoms with E-state index in [1.54, 1.807) is 76.8 Å². The molecule has 2 N–H and O–H groups in total. The summed E-state index contributed by atoms with van der Waals surface area (Å²) in [5, 5.41) is 9.64. The monoisotopic (exact) mass is 857 g/mol. The van der Waals surface area contributed by atoms with Crippen LogP contribution in [0.5, 0.6) is 0 Å². The molecule has 3 aliphatic rings. The number of halogens is 2. The van der Waals surface area contributed by atoms with Gasteiger partial charge in [-0.15, -0.1) is 0 Å². The maximum Gasteiger partial charge on any atom is 0.408 e. The van der Waals surface area contributed by atoms with Crippen molar-refractivity contribution < 1.29 is 42.7 Å². The quantitative estimate of drug-likeness (QED) is 0.206. The summed E-state index contributed by atoms with van der Waals surface area (Å²) in [5.41, 5.74) is 3.04. The molecule has 0 aromatic heterocycles. The third-order valence-corrected chi connectivity index (χ3v) is 10.7. The molecule has 324 valence electrons. The van der Waals surface area contributed by atoms with E-state index in [-0.39, 0.29) is 41.1 Å². The van der Waals surface area contributed by atoms with Gasteiger partial charge in [0.15, 0.2) is 5.82 Å². The zero-order chi connectivity index (χ0) is 44.4. The van der Waals surface area contributed by atoms with Gasteiger partial charge < -0.3 is 34.7 Å². The first-order chi connectivity index (χ1) is 28.7. The molecule has 0 saturated carbocycles. The number of hydrogen-bond acceptors (Lipinski definition) is 9. The number of carbonyl (C=O) groups is 5. The van der Waals surface area contributed by atoms with Gasteiger partial charge in [0.05, 0.1) is 16.3 Å². The Morgan fingerprint density at radius 2 is 1.56 bits per heavy atom. The van der Waals surface area contributed by atoms with Crippen LogP contribution in [0.25, 0.3) is 5.57 Å². The van der Waals surface area contributed by atoms with E-state index >= 15 is 0 Å². The minimum Gasteiger partial charge on any atom is -0.456 e. The van der Waals surface area contributed by atoms with E-state index in [4.69, 9.17) is 25.9 Å². The van der Waals surface area contributed by atoms with E-state index in [2.05, 4.69) is 15.8 Å². The van der Waals surface area contributed by atoms with Gasteiger partial charge >= 0.3 is 12.1 Å². The van der Waals surface area contributed by atoms with E-state index < -0.39 is 59.1 Å². The first-order valence-electron chi connectivity index (χ1n) is 20.4. The third kappa shape index (κ3) is 10.6. The average Bonchev–Trinajstić information content (AvgIpc) is 3.69. The Labute approximate surface area is 360 Å². The van der Waals surface area contributed by atoms with Crippen LogP contribution in [-0.2, 0) is 35.1 Å². The SMILES string of the molecule is CC(C)C(NC(=O)OC(C)(C)C)C(=O)N1CC=C(c2cccc3c2CCN(C(=O)[C@H]2CC(c4cccc(Cl)c4F)=NO2)[C@@H]3C(=O)Nc2ccc(C(=O)OC(C)(C)C)cc2)CC1. The molecular formula is C46H53ClFN5O8. The molecule has 0 spiro atoms. The zero-order valence-corrected chi connectivity index (χ0v) is 36.5. The molecule has 0 aliphatic carbocycles. The average molecular weight is 858 g/mol. The molecule has 3 aliphatic heterocycles. The van der Waals surface area contributed by atoms with Crippen molar-refractivity contribution in [2.75, 3.05) is 25.0 Å². The number of oxime groups is 1. The van der Waals surface area contributed by atoms with Crippen molar-refractivity contribution >= 4 is 58.4 Å². The van der Waals surface area contributed by atoms with E-state index in [0.29, 0.717) is 42.7 Å². The lowest BCUT2D eigenvalue weighted by Crippen LogP contribution is -2.53. The lowest BCUT2D eigenvalue weighted by Gasteiger charge is -2.38. The number of nitrogens with one attached hydrogen (secondary N) is 2. The van der Waals surface area contributed by atoms with Gasteiger partial charge in [-0.25, -0.2) is 14.0 Å². The minimum absolute atomic E-state index is 0.0347. The Kier molecular flexibility index (Phi) is 13.3. The van der Waals surface area contributed by atoms with Crippen molar-refractivity contribution in [3.8, 4) is 0 Å². The molecular weight excluding hydrogens is 805 g/mol. The van der Waals surface area contributed by atoms with Gasteiger partial charge in [0.1, 0.15) is 23.3 Å².